The Bertz CT molecular complexity index is 556. The van der Waals surface area contributed by atoms with Gasteiger partial charge in [0.2, 0.25) is 11.8 Å². The van der Waals surface area contributed by atoms with Crippen molar-refractivity contribution in [3.8, 4) is 11.5 Å². The van der Waals surface area contributed by atoms with Crippen LogP contribution in [0, 0.1) is 5.92 Å². The monoisotopic (exact) mass is 320 g/mol. The highest BCUT2D eigenvalue weighted by Gasteiger charge is 2.28. The smallest absolute Gasteiger partial charge is 0.223 e. The molecule has 1 fully saturated rings. The number of methoxy groups -OCH3 is 2. The summed E-state index contributed by atoms with van der Waals surface area (Å²) in [6.45, 7) is 0.993. The van der Waals surface area contributed by atoms with Gasteiger partial charge in [0.25, 0.3) is 0 Å². The first-order chi connectivity index (χ1) is 11.1. The fraction of sp³-hybridized carbons (Fsp3) is 0.529. The number of benzene rings is 1. The molecule has 0 unspecified atom stereocenters. The molecule has 23 heavy (non-hydrogen) atoms. The lowest BCUT2D eigenvalue weighted by atomic mass is 10.2. The molecule has 0 atom stereocenters. The second kappa shape index (κ2) is 8.41. The Morgan fingerprint density at radius 1 is 1.13 bits per heavy atom. The molecule has 0 bridgehead atoms. The van der Waals surface area contributed by atoms with Crippen molar-refractivity contribution in [1.82, 2.24) is 10.6 Å². The molecule has 126 valence electrons. The molecule has 1 saturated carbocycles. The number of hydrogen-bond donors (Lipinski definition) is 2. The average Bonchev–Trinajstić information content (AvgIpc) is 3.41. The Labute approximate surface area is 136 Å². The number of nitrogens with one attached hydrogen (secondary N) is 2. The topological polar surface area (TPSA) is 76.7 Å². The van der Waals surface area contributed by atoms with Crippen LogP contribution in [0.25, 0.3) is 0 Å². The summed E-state index contributed by atoms with van der Waals surface area (Å²) < 4.78 is 10.4. The van der Waals surface area contributed by atoms with E-state index in [9.17, 15) is 9.59 Å². The fourth-order valence-electron chi connectivity index (χ4n) is 2.23. The van der Waals surface area contributed by atoms with E-state index >= 15 is 0 Å². The molecule has 0 aromatic heterocycles. The maximum atomic E-state index is 11.8. The molecular formula is C17H24N2O4. The summed E-state index contributed by atoms with van der Waals surface area (Å²) in [7, 11) is 3.16. The van der Waals surface area contributed by atoms with Crippen LogP contribution < -0.4 is 20.1 Å². The average molecular weight is 320 g/mol. The molecule has 6 nitrogen and oxygen atoms in total. The third kappa shape index (κ3) is 5.47. The van der Waals surface area contributed by atoms with Gasteiger partial charge in [0.05, 0.1) is 14.2 Å². The van der Waals surface area contributed by atoms with Crippen LogP contribution in [0.4, 0.5) is 0 Å². The molecule has 0 heterocycles. The number of rotatable bonds is 9. The Kier molecular flexibility index (Phi) is 6.26. The van der Waals surface area contributed by atoms with Crippen LogP contribution in [-0.2, 0) is 16.1 Å². The van der Waals surface area contributed by atoms with Gasteiger partial charge in [-0.2, -0.15) is 0 Å². The summed E-state index contributed by atoms with van der Waals surface area (Å²) >= 11 is 0. The lowest BCUT2D eigenvalue weighted by molar-refractivity contribution is -0.123. The van der Waals surface area contributed by atoms with Crippen LogP contribution >= 0.6 is 0 Å². The number of amides is 2. The summed E-state index contributed by atoms with van der Waals surface area (Å²) in [5.41, 5.74) is 0.943. The van der Waals surface area contributed by atoms with Crippen LogP contribution in [0.15, 0.2) is 18.2 Å². The largest absolute Gasteiger partial charge is 0.493 e. The van der Waals surface area contributed by atoms with E-state index in [-0.39, 0.29) is 17.7 Å². The lowest BCUT2D eigenvalue weighted by Crippen LogP contribution is -2.28. The van der Waals surface area contributed by atoms with Gasteiger partial charge in [-0.05, 0) is 37.0 Å². The zero-order valence-corrected chi connectivity index (χ0v) is 13.7. The third-order valence-electron chi connectivity index (χ3n) is 3.77. The zero-order valence-electron chi connectivity index (χ0n) is 13.7. The first-order valence-electron chi connectivity index (χ1n) is 7.89. The van der Waals surface area contributed by atoms with E-state index in [4.69, 9.17) is 9.47 Å². The van der Waals surface area contributed by atoms with Gasteiger partial charge in [-0.1, -0.05) is 6.07 Å². The number of carbonyl (C=O) groups excluding carboxylic acids is 2. The van der Waals surface area contributed by atoms with E-state index in [1.54, 1.807) is 14.2 Å². The van der Waals surface area contributed by atoms with Crippen LogP contribution in [0.5, 0.6) is 11.5 Å². The molecule has 1 aromatic carbocycles. The maximum Gasteiger partial charge on any atom is 0.223 e. The second-order valence-electron chi connectivity index (χ2n) is 5.63. The minimum absolute atomic E-state index is 0.0274. The van der Waals surface area contributed by atoms with Gasteiger partial charge >= 0.3 is 0 Å². The van der Waals surface area contributed by atoms with Crippen molar-refractivity contribution in [3.63, 3.8) is 0 Å². The summed E-state index contributed by atoms with van der Waals surface area (Å²) in [5, 5.41) is 5.72. The van der Waals surface area contributed by atoms with Gasteiger partial charge in [0.1, 0.15) is 0 Å². The highest BCUT2D eigenvalue weighted by atomic mass is 16.5. The van der Waals surface area contributed by atoms with Gasteiger partial charge < -0.3 is 20.1 Å². The Morgan fingerprint density at radius 2 is 1.87 bits per heavy atom. The number of carbonyl (C=O) groups is 2. The molecule has 6 heteroatoms. The van der Waals surface area contributed by atoms with Crippen LogP contribution in [0.1, 0.15) is 31.2 Å². The molecule has 0 spiro atoms. The SMILES string of the molecule is COc1ccc(CNC(=O)CCCNC(=O)C2CC2)cc1OC. The van der Waals surface area contributed by atoms with E-state index in [1.165, 1.54) is 0 Å². The van der Waals surface area contributed by atoms with Gasteiger partial charge in [-0.25, -0.2) is 0 Å². The van der Waals surface area contributed by atoms with Crippen molar-refractivity contribution >= 4 is 11.8 Å². The molecule has 2 amide bonds. The molecule has 0 radical (unpaired) electrons. The van der Waals surface area contributed by atoms with Crippen LogP contribution in [0.2, 0.25) is 0 Å². The van der Waals surface area contributed by atoms with Crippen LogP contribution in [0.3, 0.4) is 0 Å². The van der Waals surface area contributed by atoms with Crippen molar-refractivity contribution in [3.05, 3.63) is 23.8 Å². The van der Waals surface area contributed by atoms with Gasteiger partial charge in [-0.3, -0.25) is 9.59 Å². The van der Waals surface area contributed by atoms with Crippen LogP contribution in [-0.4, -0.2) is 32.6 Å². The lowest BCUT2D eigenvalue weighted by Gasteiger charge is -2.10. The molecule has 0 saturated heterocycles. The maximum absolute atomic E-state index is 11.8. The third-order valence-corrected chi connectivity index (χ3v) is 3.77. The molecule has 1 aliphatic carbocycles. The summed E-state index contributed by atoms with van der Waals surface area (Å²) in [4.78, 5) is 23.2. The minimum Gasteiger partial charge on any atom is -0.493 e. The first kappa shape index (κ1) is 17.1. The normalized spacial score (nSPS) is 13.3. The molecule has 2 N–H and O–H groups in total. The van der Waals surface area contributed by atoms with E-state index in [0.717, 1.165) is 18.4 Å². The summed E-state index contributed by atoms with van der Waals surface area (Å²) in [5.74, 6) is 1.61. The first-order valence-corrected chi connectivity index (χ1v) is 7.89. The van der Waals surface area contributed by atoms with E-state index in [2.05, 4.69) is 10.6 Å². The quantitative estimate of drug-likeness (QED) is 0.678. The highest BCUT2D eigenvalue weighted by Crippen LogP contribution is 2.28. The Balaban J connectivity index is 1.66. The molecule has 0 aliphatic heterocycles. The molecule has 1 aromatic rings. The van der Waals surface area contributed by atoms with E-state index in [0.29, 0.717) is 37.4 Å². The van der Waals surface area contributed by atoms with Crippen molar-refractivity contribution in [2.24, 2.45) is 5.92 Å². The summed E-state index contributed by atoms with van der Waals surface area (Å²) in [6.07, 6.45) is 3.05. The highest BCUT2D eigenvalue weighted by molar-refractivity contribution is 5.81. The van der Waals surface area contributed by atoms with Crippen molar-refractivity contribution in [2.45, 2.75) is 32.2 Å². The molecule has 1 aliphatic rings. The van der Waals surface area contributed by atoms with Gasteiger partial charge in [-0.15, -0.1) is 0 Å². The number of ether oxygens (including phenoxy) is 2. The Morgan fingerprint density at radius 3 is 2.52 bits per heavy atom. The predicted octanol–water partition coefficient (Wildman–Crippen LogP) is 1.63. The van der Waals surface area contributed by atoms with Crippen molar-refractivity contribution in [1.29, 1.82) is 0 Å². The second-order valence-corrected chi connectivity index (χ2v) is 5.63. The Hall–Kier alpha value is -2.24. The van der Waals surface area contributed by atoms with E-state index in [1.807, 2.05) is 18.2 Å². The fourth-order valence-corrected chi connectivity index (χ4v) is 2.23. The number of hydrogen-bond acceptors (Lipinski definition) is 4. The summed E-state index contributed by atoms with van der Waals surface area (Å²) in [6, 6.07) is 5.54. The van der Waals surface area contributed by atoms with E-state index < -0.39 is 0 Å². The predicted molar refractivity (Wildman–Crippen MR) is 86.4 cm³/mol. The van der Waals surface area contributed by atoms with Crippen molar-refractivity contribution < 1.29 is 19.1 Å². The van der Waals surface area contributed by atoms with Gasteiger partial charge in [0, 0.05) is 25.4 Å². The minimum atomic E-state index is -0.0274. The molecule has 2 rings (SSSR count). The van der Waals surface area contributed by atoms with Gasteiger partial charge in [0.15, 0.2) is 11.5 Å². The molecular weight excluding hydrogens is 296 g/mol. The zero-order chi connectivity index (χ0) is 16.7. The standard InChI is InChI=1S/C17H24N2O4/c1-22-14-8-5-12(10-15(14)23-2)11-19-16(20)4-3-9-18-17(21)13-6-7-13/h5,8,10,13H,3-4,6-7,9,11H2,1-2H3,(H,18,21)(H,19,20). The van der Waals surface area contributed by atoms with Crippen molar-refractivity contribution in [2.75, 3.05) is 20.8 Å².